The lowest BCUT2D eigenvalue weighted by atomic mass is 9.87. The van der Waals surface area contributed by atoms with Crippen molar-refractivity contribution in [3.63, 3.8) is 0 Å². The van der Waals surface area contributed by atoms with Gasteiger partial charge in [0.05, 0.1) is 12.5 Å². The fourth-order valence-corrected chi connectivity index (χ4v) is 4.46. The summed E-state index contributed by atoms with van der Waals surface area (Å²) in [6.07, 6.45) is 1.89. The normalized spacial score (nSPS) is 16.7. The zero-order valence-electron chi connectivity index (χ0n) is 21.3. The second-order valence-electron chi connectivity index (χ2n) is 10.5. The average Bonchev–Trinajstić information content (AvgIpc) is 3.32. The van der Waals surface area contributed by atoms with Gasteiger partial charge in [0.15, 0.2) is 0 Å². The summed E-state index contributed by atoms with van der Waals surface area (Å²) < 4.78 is 5.54. The molecule has 1 aliphatic heterocycles. The molecule has 7 heteroatoms. The number of amides is 1. The summed E-state index contributed by atoms with van der Waals surface area (Å²) in [5.74, 6) is 1.30. The van der Waals surface area contributed by atoms with Crippen LogP contribution in [-0.4, -0.2) is 54.2 Å². The highest BCUT2D eigenvalue weighted by atomic mass is 16.5. The van der Waals surface area contributed by atoms with Crippen molar-refractivity contribution >= 4 is 11.6 Å². The zero-order chi connectivity index (χ0) is 24.8. The molecule has 4 rings (SSSR count). The van der Waals surface area contributed by atoms with Crippen LogP contribution >= 0.6 is 0 Å². The molecular weight excluding hydrogens is 438 g/mol. The lowest BCUT2D eigenvalue weighted by Crippen LogP contribution is -2.44. The Kier molecular flexibility index (Phi) is 7.86. The number of benzene rings is 2. The van der Waals surface area contributed by atoms with E-state index < -0.39 is 0 Å². The number of piperidine rings is 1. The van der Waals surface area contributed by atoms with Crippen molar-refractivity contribution in [1.82, 2.24) is 20.4 Å². The van der Waals surface area contributed by atoms with Gasteiger partial charge in [-0.25, -0.2) is 0 Å². The molecule has 0 saturated carbocycles. The predicted octanol–water partition coefficient (Wildman–Crippen LogP) is 4.50. The second kappa shape index (κ2) is 11.0. The van der Waals surface area contributed by atoms with Crippen LogP contribution in [0.4, 0.5) is 5.69 Å². The molecule has 1 amide bonds. The molecule has 186 valence electrons. The van der Waals surface area contributed by atoms with Gasteiger partial charge in [0.1, 0.15) is 0 Å². The molecule has 1 unspecified atom stereocenters. The van der Waals surface area contributed by atoms with E-state index >= 15 is 0 Å². The van der Waals surface area contributed by atoms with Crippen molar-refractivity contribution in [3.05, 3.63) is 66.1 Å². The Hall–Kier alpha value is -3.19. The molecule has 1 fully saturated rings. The van der Waals surface area contributed by atoms with Crippen LogP contribution in [0.1, 0.15) is 45.1 Å². The van der Waals surface area contributed by atoms with E-state index in [2.05, 4.69) is 70.3 Å². The van der Waals surface area contributed by atoms with Gasteiger partial charge < -0.3 is 14.7 Å². The van der Waals surface area contributed by atoms with Crippen LogP contribution in [0.5, 0.6) is 0 Å². The van der Waals surface area contributed by atoms with Gasteiger partial charge in [-0.05, 0) is 42.5 Å². The highest BCUT2D eigenvalue weighted by molar-refractivity contribution is 5.79. The lowest BCUT2D eigenvalue weighted by Gasteiger charge is -2.31. The number of carbonyl (C=O) groups excluding carboxylic acids is 1. The lowest BCUT2D eigenvalue weighted by molar-refractivity contribution is -0.126. The number of hydrogen-bond donors (Lipinski definition) is 1. The summed E-state index contributed by atoms with van der Waals surface area (Å²) in [7, 11) is 2.04. The smallest absolute Gasteiger partial charge is 0.241 e. The number of rotatable bonds is 8. The third-order valence-electron chi connectivity index (χ3n) is 6.66. The number of likely N-dealkylation sites (N-methyl/N-ethyl adjacent to an activating group) is 1. The van der Waals surface area contributed by atoms with Gasteiger partial charge >= 0.3 is 0 Å². The first-order chi connectivity index (χ1) is 16.8. The van der Waals surface area contributed by atoms with Crippen LogP contribution in [0.2, 0.25) is 0 Å². The van der Waals surface area contributed by atoms with E-state index in [-0.39, 0.29) is 17.2 Å². The molecule has 2 aromatic carbocycles. The third-order valence-corrected chi connectivity index (χ3v) is 6.66. The molecule has 1 N–H and O–H groups in total. The Balaban J connectivity index is 1.26. The average molecular weight is 476 g/mol. The summed E-state index contributed by atoms with van der Waals surface area (Å²) in [6.45, 7) is 10.2. The Morgan fingerprint density at radius 2 is 1.89 bits per heavy atom. The molecule has 7 nitrogen and oxygen atoms in total. The van der Waals surface area contributed by atoms with Crippen molar-refractivity contribution in [3.8, 4) is 11.4 Å². The molecule has 0 aliphatic carbocycles. The summed E-state index contributed by atoms with van der Waals surface area (Å²) in [6, 6.07) is 18.5. The highest BCUT2D eigenvalue weighted by Gasteiger charge is 2.27. The number of carbonyl (C=O) groups is 1. The number of nitrogens with one attached hydrogen (secondary N) is 1. The van der Waals surface area contributed by atoms with Gasteiger partial charge in [-0.3, -0.25) is 9.69 Å². The van der Waals surface area contributed by atoms with Crippen molar-refractivity contribution in [1.29, 1.82) is 0 Å². The van der Waals surface area contributed by atoms with Gasteiger partial charge in [0.25, 0.3) is 0 Å². The van der Waals surface area contributed by atoms with E-state index in [4.69, 9.17) is 4.52 Å². The molecule has 0 spiro atoms. The number of hydrogen-bond acceptors (Lipinski definition) is 6. The standard InChI is InChI=1S/C28H37N5O2/c1-28(2,3)23-14-12-21(13-15-23)26-30-25(35-31-26)20-33-17-8-9-22(19-33)27(34)29-16-18-32(4)24-10-6-5-7-11-24/h5-7,10-15,22H,8-9,16-20H2,1-4H3,(H,29,34). The van der Waals surface area contributed by atoms with Crippen molar-refractivity contribution in [2.75, 3.05) is 38.1 Å². The van der Waals surface area contributed by atoms with E-state index in [1.54, 1.807) is 0 Å². The van der Waals surface area contributed by atoms with E-state index in [0.717, 1.165) is 37.2 Å². The topological polar surface area (TPSA) is 74.5 Å². The molecule has 1 aromatic heterocycles. The number of aromatic nitrogens is 2. The van der Waals surface area contributed by atoms with Crippen LogP contribution in [0, 0.1) is 5.92 Å². The predicted molar refractivity (Wildman–Crippen MR) is 139 cm³/mol. The Bertz CT molecular complexity index is 1090. The fraction of sp³-hybridized carbons (Fsp3) is 0.464. The van der Waals surface area contributed by atoms with Crippen molar-refractivity contribution < 1.29 is 9.32 Å². The Morgan fingerprint density at radius 3 is 2.60 bits per heavy atom. The molecule has 2 heterocycles. The van der Waals surface area contributed by atoms with Gasteiger partial charge in [0, 0.05) is 37.9 Å². The number of nitrogens with zero attached hydrogens (tertiary/aromatic N) is 4. The minimum absolute atomic E-state index is 0.0156. The van der Waals surface area contributed by atoms with Gasteiger partial charge in [-0.2, -0.15) is 4.98 Å². The maximum atomic E-state index is 12.8. The molecule has 0 radical (unpaired) electrons. The van der Waals surface area contributed by atoms with Crippen LogP contribution in [0.3, 0.4) is 0 Å². The monoisotopic (exact) mass is 475 g/mol. The molecule has 0 bridgehead atoms. The minimum atomic E-state index is -0.0156. The highest BCUT2D eigenvalue weighted by Crippen LogP contribution is 2.25. The first-order valence-electron chi connectivity index (χ1n) is 12.5. The third kappa shape index (κ3) is 6.69. The second-order valence-corrected chi connectivity index (χ2v) is 10.5. The Labute approximate surface area is 208 Å². The summed E-state index contributed by atoms with van der Waals surface area (Å²) in [5, 5.41) is 7.30. The van der Waals surface area contributed by atoms with Crippen molar-refractivity contribution in [2.45, 2.75) is 45.6 Å². The minimum Gasteiger partial charge on any atom is -0.373 e. The Morgan fingerprint density at radius 1 is 1.14 bits per heavy atom. The van der Waals surface area contributed by atoms with Gasteiger partial charge in [-0.1, -0.05) is 68.4 Å². The largest absolute Gasteiger partial charge is 0.373 e. The fourth-order valence-electron chi connectivity index (χ4n) is 4.46. The molecular formula is C28H37N5O2. The SMILES string of the molecule is CN(CCNC(=O)C1CCCN(Cc2nc(-c3ccc(C(C)(C)C)cc3)no2)C1)c1ccccc1. The van der Waals surface area contributed by atoms with Gasteiger partial charge in [0.2, 0.25) is 17.6 Å². The van der Waals surface area contributed by atoms with Crippen LogP contribution < -0.4 is 10.2 Å². The maximum absolute atomic E-state index is 12.8. The maximum Gasteiger partial charge on any atom is 0.241 e. The summed E-state index contributed by atoms with van der Waals surface area (Å²) in [5.41, 5.74) is 3.48. The number of likely N-dealkylation sites (tertiary alicyclic amines) is 1. The molecule has 1 atom stereocenters. The molecule has 35 heavy (non-hydrogen) atoms. The first kappa shape index (κ1) is 24.9. The quantitative estimate of drug-likeness (QED) is 0.517. The molecule has 3 aromatic rings. The van der Waals surface area contributed by atoms with Gasteiger partial charge in [-0.15, -0.1) is 0 Å². The molecule has 1 aliphatic rings. The van der Waals surface area contributed by atoms with Crippen molar-refractivity contribution in [2.24, 2.45) is 5.92 Å². The summed E-state index contributed by atoms with van der Waals surface area (Å²) >= 11 is 0. The van der Waals surface area contributed by atoms with Crippen LogP contribution in [0.25, 0.3) is 11.4 Å². The zero-order valence-corrected chi connectivity index (χ0v) is 21.3. The van der Waals surface area contributed by atoms with E-state index in [9.17, 15) is 4.79 Å². The van der Waals surface area contributed by atoms with Crippen LogP contribution in [0.15, 0.2) is 59.1 Å². The van der Waals surface area contributed by atoms with E-state index in [1.165, 1.54) is 5.56 Å². The van der Waals surface area contributed by atoms with Crippen LogP contribution in [-0.2, 0) is 16.8 Å². The molecule has 1 saturated heterocycles. The van der Waals surface area contributed by atoms with E-state index in [0.29, 0.717) is 31.3 Å². The number of anilines is 1. The first-order valence-corrected chi connectivity index (χ1v) is 12.5. The summed E-state index contributed by atoms with van der Waals surface area (Å²) in [4.78, 5) is 21.8. The van der Waals surface area contributed by atoms with E-state index in [1.807, 2.05) is 37.4 Å². The number of para-hydroxylation sites is 1.